The Hall–Kier alpha value is -1.56. The van der Waals surface area contributed by atoms with Crippen LogP contribution in [0.1, 0.15) is 31.0 Å². The average Bonchev–Trinajstić information content (AvgIpc) is 2.92. The van der Waals surface area contributed by atoms with Gasteiger partial charge in [0.1, 0.15) is 6.04 Å². The summed E-state index contributed by atoms with van der Waals surface area (Å²) in [5, 5.41) is 12.2. The number of fused-ring (bicyclic) bond motifs is 1. The first-order valence-corrected chi connectivity index (χ1v) is 6.42. The number of carboxylic acid groups (broad SMARTS) is 1. The second kappa shape index (κ2) is 4.28. The monoisotopic (exact) mass is 250 g/mol. The molecule has 2 aliphatic rings. The maximum Gasteiger partial charge on any atom is 0.320 e. The lowest BCUT2D eigenvalue weighted by Gasteiger charge is -2.27. The largest absolute Gasteiger partial charge is 0.480 e. The van der Waals surface area contributed by atoms with Crippen LogP contribution in [0.5, 0.6) is 0 Å². The number of piperidine rings is 1. The van der Waals surface area contributed by atoms with Crippen LogP contribution in [0.4, 0.5) is 5.95 Å². The van der Waals surface area contributed by atoms with Gasteiger partial charge in [-0.3, -0.25) is 10.1 Å². The van der Waals surface area contributed by atoms with Gasteiger partial charge in [0.2, 0.25) is 5.95 Å². The summed E-state index contributed by atoms with van der Waals surface area (Å²) in [6.45, 7) is 1.96. The summed E-state index contributed by atoms with van der Waals surface area (Å²) in [6, 6.07) is -0.357. The van der Waals surface area contributed by atoms with Crippen molar-refractivity contribution in [3.63, 3.8) is 0 Å². The van der Waals surface area contributed by atoms with E-state index in [-0.39, 0.29) is 6.04 Å². The zero-order chi connectivity index (χ0) is 12.7. The molecule has 0 radical (unpaired) electrons. The van der Waals surface area contributed by atoms with Crippen LogP contribution in [0.2, 0.25) is 0 Å². The van der Waals surface area contributed by atoms with E-state index in [1.54, 1.807) is 0 Å². The van der Waals surface area contributed by atoms with Gasteiger partial charge in [0.15, 0.2) is 0 Å². The van der Waals surface area contributed by atoms with E-state index in [2.05, 4.69) is 26.0 Å². The Labute approximate surface area is 106 Å². The normalized spacial score (nSPS) is 27.3. The highest BCUT2D eigenvalue weighted by Crippen LogP contribution is 2.28. The maximum atomic E-state index is 11.0. The van der Waals surface area contributed by atoms with Crippen molar-refractivity contribution < 1.29 is 9.90 Å². The molecule has 2 atom stereocenters. The van der Waals surface area contributed by atoms with Gasteiger partial charge in [0.25, 0.3) is 0 Å². The van der Waals surface area contributed by atoms with Gasteiger partial charge in [0.05, 0.1) is 11.7 Å². The van der Waals surface area contributed by atoms with Crippen molar-refractivity contribution in [1.29, 1.82) is 0 Å². The van der Waals surface area contributed by atoms with E-state index in [1.165, 1.54) is 0 Å². The molecule has 2 N–H and O–H groups in total. The molecule has 2 unspecified atom stereocenters. The standard InChI is InChI=1S/C12H18N4O2/c1-15-5-6-16-7-10(14-12(15)16)8-3-2-4-9(13-8)11(17)18/h7-9,13H,2-6H2,1H3,(H,17,18). The molecule has 0 bridgehead atoms. The summed E-state index contributed by atoms with van der Waals surface area (Å²) in [5.41, 5.74) is 0.975. The van der Waals surface area contributed by atoms with Gasteiger partial charge < -0.3 is 14.6 Å². The van der Waals surface area contributed by atoms with Gasteiger partial charge in [-0.25, -0.2) is 4.98 Å². The highest BCUT2D eigenvalue weighted by atomic mass is 16.4. The first-order chi connectivity index (χ1) is 8.65. The molecule has 1 aromatic rings. The molecule has 0 aromatic carbocycles. The van der Waals surface area contributed by atoms with E-state index in [9.17, 15) is 4.79 Å². The Morgan fingerprint density at radius 3 is 3.06 bits per heavy atom. The van der Waals surface area contributed by atoms with Crippen molar-refractivity contribution in [2.45, 2.75) is 37.9 Å². The predicted octanol–water partition coefficient (Wildman–Crippen LogP) is 0.601. The van der Waals surface area contributed by atoms with Crippen LogP contribution in [0.3, 0.4) is 0 Å². The SMILES string of the molecule is CN1CCn2cc(C3CCCC(C(=O)O)N3)nc21. The van der Waals surface area contributed by atoms with Crippen LogP contribution >= 0.6 is 0 Å². The topological polar surface area (TPSA) is 70.4 Å². The summed E-state index contributed by atoms with van der Waals surface area (Å²) in [5.74, 6) is 0.229. The lowest BCUT2D eigenvalue weighted by Crippen LogP contribution is -2.42. The van der Waals surface area contributed by atoms with Crippen molar-refractivity contribution >= 4 is 11.9 Å². The first kappa shape index (κ1) is 11.5. The zero-order valence-electron chi connectivity index (χ0n) is 10.5. The minimum atomic E-state index is -0.761. The van der Waals surface area contributed by atoms with Gasteiger partial charge in [0, 0.05) is 26.3 Å². The molecular formula is C12H18N4O2. The Balaban J connectivity index is 1.78. The Bertz CT molecular complexity index is 471. The molecule has 0 saturated carbocycles. The second-order valence-electron chi connectivity index (χ2n) is 5.12. The fourth-order valence-electron chi connectivity index (χ4n) is 2.78. The van der Waals surface area contributed by atoms with Crippen LogP contribution in [0.15, 0.2) is 6.20 Å². The number of imidazole rings is 1. The van der Waals surface area contributed by atoms with Crippen LogP contribution in [-0.2, 0) is 11.3 Å². The highest BCUT2D eigenvalue weighted by Gasteiger charge is 2.29. The molecule has 1 aromatic heterocycles. The quantitative estimate of drug-likeness (QED) is 0.804. The Morgan fingerprint density at radius 1 is 1.50 bits per heavy atom. The van der Waals surface area contributed by atoms with E-state index in [0.29, 0.717) is 6.42 Å². The van der Waals surface area contributed by atoms with Gasteiger partial charge >= 0.3 is 5.97 Å². The minimum Gasteiger partial charge on any atom is -0.480 e. The van der Waals surface area contributed by atoms with Crippen molar-refractivity contribution in [3.8, 4) is 0 Å². The minimum absolute atomic E-state index is 0.0753. The number of likely N-dealkylation sites (N-methyl/N-ethyl adjacent to an activating group) is 1. The number of aliphatic carboxylic acids is 1. The third-order valence-electron chi connectivity index (χ3n) is 3.83. The number of aromatic nitrogens is 2. The van der Waals surface area contributed by atoms with E-state index >= 15 is 0 Å². The van der Waals surface area contributed by atoms with Gasteiger partial charge in [-0.1, -0.05) is 0 Å². The lowest BCUT2D eigenvalue weighted by molar-refractivity contribution is -0.140. The molecule has 2 aliphatic heterocycles. The van der Waals surface area contributed by atoms with Crippen LogP contribution in [0, 0.1) is 0 Å². The van der Waals surface area contributed by atoms with E-state index in [0.717, 1.165) is 37.6 Å². The molecule has 1 saturated heterocycles. The van der Waals surface area contributed by atoms with E-state index < -0.39 is 12.0 Å². The Morgan fingerprint density at radius 2 is 2.33 bits per heavy atom. The molecule has 18 heavy (non-hydrogen) atoms. The number of hydrogen-bond acceptors (Lipinski definition) is 4. The molecule has 0 amide bonds. The summed E-state index contributed by atoms with van der Waals surface area (Å²) in [4.78, 5) is 17.8. The third kappa shape index (κ3) is 1.86. The van der Waals surface area contributed by atoms with E-state index in [4.69, 9.17) is 5.11 Å². The number of rotatable bonds is 2. The predicted molar refractivity (Wildman–Crippen MR) is 66.6 cm³/mol. The summed E-state index contributed by atoms with van der Waals surface area (Å²) < 4.78 is 2.14. The highest BCUT2D eigenvalue weighted by molar-refractivity contribution is 5.73. The number of hydrogen-bond donors (Lipinski definition) is 2. The van der Waals surface area contributed by atoms with Gasteiger partial charge in [-0.15, -0.1) is 0 Å². The molecule has 0 spiro atoms. The van der Waals surface area contributed by atoms with Crippen molar-refractivity contribution in [2.75, 3.05) is 18.5 Å². The molecule has 6 nitrogen and oxygen atoms in total. The average molecular weight is 250 g/mol. The maximum absolute atomic E-state index is 11.0. The van der Waals surface area contributed by atoms with Crippen LogP contribution in [0.25, 0.3) is 0 Å². The van der Waals surface area contributed by atoms with Crippen LogP contribution in [-0.4, -0.2) is 40.3 Å². The van der Waals surface area contributed by atoms with E-state index in [1.807, 2.05) is 7.05 Å². The smallest absolute Gasteiger partial charge is 0.320 e. The van der Waals surface area contributed by atoms with Crippen molar-refractivity contribution in [2.24, 2.45) is 0 Å². The Kier molecular flexibility index (Phi) is 2.74. The second-order valence-corrected chi connectivity index (χ2v) is 5.12. The third-order valence-corrected chi connectivity index (χ3v) is 3.83. The molecular weight excluding hydrogens is 232 g/mol. The molecule has 6 heteroatoms. The number of carbonyl (C=O) groups is 1. The number of nitrogens with one attached hydrogen (secondary N) is 1. The van der Waals surface area contributed by atoms with Gasteiger partial charge in [-0.05, 0) is 19.3 Å². The van der Waals surface area contributed by atoms with Crippen molar-refractivity contribution in [1.82, 2.24) is 14.9 Å². The summed E-state index contributed by atoms with van der Waals surface area (Å²) in [6.07, 6.45) is 4.66. The van der Waals surface area contributed by atoms with Gasteiger partial charge in [-0.2, -0.15) is 0 Å². The lowest BCUT2D eigenvalue weighted by atomic mass is 9.97. The summed E-state index contributed by atoms with van der Waals surface area (Å²) in [7, 11) is 2.03. The molecule has 3 rings (SSSR count). The molecule has 3 heterocycles. The molecule has 1 fully saturated rings. The number of nitrogens with zero attached hydrogens (tertiary/aromatic N) is 3. The fraction of sp³-hybridized carbons (Fsp3) is 0.667. The zero-order valence-corrected chi connectivity index (χ0v) is 10.5. The summed E-state index contributed by atoms with van der Waals surface area (Å²) >= 11 is 0. The molecule has 98 valence electrons. The number of carboxylic acids is 1. The molecule has 0 aliphatic carbocycles. The van der Waals surface area contributed by atoms with Crippen molar-refractivity contribution in [3.05, 3.63) is 11.9 Å². The first-order valence-electron chi connectivity index (χ1n) is 6.42. The fourth-order valence-corrected chi connectivity index (χ4v) is 2.78. The number of anilines is 1. The van der Waals surface area contributed by atoms with Crippen LogP contribution < -0.4 is 10.2 Å².